The summed E-state index contributed by atoms with van der Waals surface area (Å²) >= 11 is 0. The van der Waals surface area contributed by atoms with Crippen molar-refractivity contribution in [1.82, 2.24) is 10.6 Å². The van der Waals surface area contributed by atoms with Gasteiger partial charge in [0.15, 0.2) is 0 Å². The number of primary amides is 1. The Hall–Kier alpha value is -0.850. The van der Waals surface area contributed by atoms with Crippen molar-refractivity contribution >= 4 is 6.03 Å². The van der Waals surface area contributed by atoms with Crippen LogP contribution in [0.15, 0.2) is 0 Å². The maximum absolute atomic E-state index is 10.3. The van der Waals surface area contributed by atoms with Gasteiger partial charge in [0, 0.05) is 19.6 Å². The van der Waals surface area contributed by atoms with Crippen molar-refractivity contribution in [2.45, 2.75) is 12.5 Å². The highest BCUT2D eigenvalue weighted by Gasteiger charge is 2.12. The number of hydrogen-bond donors (Lipinski definition) is 3. The van der Waals surface area contributed by atoms with Gasteiger partial charge in [-0.3, -0.25) is 0 Å². The van der Waals surface area contributed by atoms with E-state index in [0.29, 0.717) is 19.9 Å². The van der Waals surface area contributed by atoms with E-state index in [-0.39, 0.29) is 6.10 Å². The molecule has 0 spiro atoms. The van der Waals surface area contributed by atoms with E-state index in [9.17, 15) is 4.79 Å². The second-order valence-corrected chi connectivity index (χ2v) is 3.10. The molecule has 6 nitrogen and oxygen atoms in total. The summed E-state index contributed by atoms with van der Waals surface area (Å²) in [7, 11) is 0. The molecule has 0 aliphatic carbocycles. The molecule has 0 saturated carbocycles. The van der Waals surface area contributed by atoms with Crippen LogP contribution in [-0.2, 0) is 9.47 Å². The number of nitrogens with one attached hydrogen (secondary N) is 2. The highest BCUT2D eigenvalue weighted by Crippen LogP contribution is 2.03. The third-order valence-electron chi connectivity index (χ3n) is 1.94. The fourth-order valence-electron chi connectivity index (χ4n) is 1.20. The number of carbonyl (C=O) groups excluding carboxylic acids is 1. The monoisotopic (exact) mass is 203 g/mol. The van der Waals surface area contributed by atoms with Crippen LogP contribution in [0.2, 0.25) is 0 Å². The molecule has 1 atom stereocenters. The first kappa shape index (κ1) is 11.2. The van der Waals surface area contributed by atoms with E-state index in [0.717, 1.165) is 19.6 Å². The molecule has 4 N–H and O–H groups in total. The molecule has 0 radical (unpaired) electrons. The van der Waals surface area contributed by atoms with Crippen LogP contribution >= 0.6 is 0 Å². The largest absolute Gasteiger partial charge is 0.355 e. The molecule has 1 saturated heterocycles. The van der Waals surface area contributed by atoms with Gasteiger partial charge in [0.2, 0.25) is 0 Å². The van der Waals surface area contributed by atoms with E-state index in [1.165, 1.54) is 0 Å². The van der Waals surface area contributed by atoms with Crippen molar-refractivity contribution in [3.05, 3.63) is 0 Å². The molecule has 6 heteroatoms. The molecule has 14 heavy (non-hydrogen) atoms. The van der Waals surface area contributed by atoms with Crippen molar-refractivity contribution in [3.8, 4) is 0 Å². The summed E-state index contributed by atoms with van der Waals surface area (Å²) in [6.45, 7) is 3.16. The minimum absolute atomic E-state index is 0.220. The Morgan fingerprint density at radius 2 is 2.36 bits per heavy atom. The van der Waals surface area contributed by atoms with Crippen molar-refractivity contribution in [1.29, 1.82) is 0 Å². The van der Waals surface area contributed by atoms with Gasteiger partial charge in [0.05, 0.1) is 12.7 Å². The van der Waals surface area contributed by atoms with Crippen LogP contribution in [-0.4, -0.2) is 45.2 Å². The van der Waals surface area contributed by atoms with Crippen LogP contribution < -0.4 is 16.4 Å². The van der Waals surface area contributed by atoms with E-state index < -0.39 is 6.03 Å². The smallest absolute Gasteiger partial charge is 0.312 e. The predicted octanol–water partition coefficient (Wildman–Crippen LogP) is -0.993. The lowest BCUT2D eigenvalue weighted by Crippen LogP contribution is -2.39. The van der Waals surface area contributed by atoms with Gasteiger partial charge in [0.1, 0.15) is 6.79 Å². The first-order chi connectivity index (χ1) is 6.79. The summed E-state index contributed by atoms with van der Waals surface area (Å²) in [6, 6.07) is -0.492. The van der Waals surface area contributed by atoms with Gasteiger partial charge in [-0.05, 0) is 6.42 Å². The summed E-state index contributed by atoms with van der Waals surface area (Å²) in [6.07, 6.45) is 1.13. The van der Waals surface area contributed by atoms with Crippen LogP contribution in [0.4, 0.5) is 4.79 Å². The molecule has 0 aromatic carbocycles. The predicted molar refractivity (Wildman–Crippen MR) is 50.8 cm³/mol. The average molecular weight is 203 g/mol. The number of hydrogen-bond acceptors (Lipinski definition) is 4. The molecular weight excluding hydrogens is 186 g/mol. The lowest BCUT2D eigenvalue weighted by Gasteiger charge is -2.22. The minimum atomic E-state index is -0.492. The van der Waals surface area contributed by atoms with Crippen LogP contribution in [0.3, 0.4) is 0 Å². The second-order valence-electron chi connectivity index (χ2n) is 3.10. The van der Waals surface area contributed by atoms with Gasteiger partial charge in [-0.1, -0.05) is 0 Å². The highest BCUT2D eigenvalue weighted by atomic mass is 16.7. The summed E-state index contributed by atoms with van der Waals surface area (Å²) in [4.78, 5) is 10.3. The molecule has 0 bridgehead atoms. The molecule has 1 fully saturated rings. The van der Waals surface area contributed by atoms with E-state index in [2.05, 4.69) is 10.6 Å². The Morgan fingerprint density at radius 3 is 3.00 bits per heavy atom. The zero-order valence-corrected chi connectivity index (χ0v) is 8.12. The lowest BCUT2D eigenvalue weighted by atomic mass is 10.2. The third kappa shape index (κ3) is 5.00. The molecule has 82 valence electrons. The third-order valence-corrected chi connectivity index (χ3v) is 1.94. The normalized spacial score (nSPS) is 21.9. The number of carbonyl (C=O) groups is 1. The van der Waals surface area contributed by atoms with E-state index in [4.69, 9.17) is 15.2 Å². The Kier molecular flexibility index (Phi) is 5.28. The van der Waals surface area contributed by atoms with Crippen molar-refractivity contribution in [2.75, 3.05) is 33.0 Å². The average Bonchev–Trinajstić information content (AvgIpc) is 2.18. The summed E-state index contributed by atoms with van der Waals surface area (Å²) in [5.74, 6) is 0. The van der Waals surface area contributed by atoms with Gasteiger partial charge >= 0.3 is 6.03 Å². The summed E-state index contributed by atoms with van der Waals surface area (Å²) in [5, 5.41) is 5.65. The molecule has 1 rings (SSSR count). The lowest BCUT2D eigenvalue weighted by molar-refractivity contribution is -0.137. The molecular formula is C8H17N3O3. The molecule has 1 unspecified atom stereocenters. The van der Waals surface area contributed by atoms with E-state index in [1.54, 1.807) is 0 Å². The Balaban J connectivity index is 1.90. The zero-order valence-electron chi connectivity index (χ0n) is 8.12. The SMILES string of the molecule is NC(=O)NCCNCC1CCOCO1. The van der Waals surface area contributed by atoms with Crippen LogP contribution in [0, 0.1) is 0 Å². The van der Waals surface area contributed by atoms with Crippen LogP contribution in [0.5, 0.6) is 0 Å². The molecule has 2 amide bonds. The molecule has 0 aromatic heterocycles. The molecule has 1 aliphatic rings. The summed E-state index contributed by atoms with van der Waals surface area (Å²) in [5.41, 5.74) is 4.90. The van der Waals surface area contributed by atoms with E-state index in [1.807, 2.05) is 0 Å². The first-order valence-corrected chi connectivity index (χ1v) is 4.72. The number of amides is 2. The van der Waals surface area contributed by atoms with Crippen molar-refractivity contribution in [2.24, 2.45) is 5.73 Å². The maximum Gasteiger partial charge on any atom is 0.312 e. The highest BCUT2D eigenvalue weighted by molar-refractivity contribution is 5.71. The quantitative estimate of drug-likeness (QED) is 0.501. The Morgan fingerprint density at radius 1 is 1.50 bits per heavy atom. The summed E-state index contributed by atoms with van der Waals surface area (Å²) < 4.78 is 10.3. The van der Waals surface area contributed by atoms with Gasteiger partial charge in [0.25, 0.3) is 0 Å². The number of rotatable bonds is 5. The zero-order chi connectivity index (χ0) is 10.2. The number of urea groups is 1. The molecule has 1 aliphatic heterocycles. The standard InChI is InChI=1S/C8H17N3O3/c9-8(12)11-3-2-10-5-7-1-4-13-6-14-7/h7,10H,1-6H2,(H3,9,11,12). The van der Waals surface area contributed by atoms with Gasteiger partial charge in [-0.25, -0.2) is 4.79 Å². The number of nitrogens with two attached hydrogens (primary N) is 1. The van der Waals surface area contributed by atoms with Gasteiger partial charge < -0.3 is 25.8 Å². The Bertz CT molecular complexity index is 171. The van der Waals surface area contributed by atoms with Crippen molar-refractivity contribution < 1.29 is 14.3 Å². The van der Waals surface area contributed by atoms with Crippen molar-refractivity contribution in [3.63, 3.8) is 0 Å². The van der Waals surface area contributed by atoms with Crippen LogP contribution in [0.1, 0.15) is 6.42 Å². The van der Waals surface area contributed by atoms with Crippen LogP contribution in [0.25, 0.3) is 0 Å². The van der Waals surface area contributed by atoms with Gasteiger partial charge in [-0.15, -0.1) is 0 Å². The fraction of sp³-hybridized carbons (Fsp3) is 0.875. The molecule has 1 heterocycles. The minimum Gasteiger partial charge on any atom is -0.355 e. The van der Waals surface area contributed by atoms with E-state index >= 15 is 0 Å². The molecule has 0 aromatic rings. The van der Waals surface area contributed by atoms with Gasteiger partial charge in [-0.2, -0.15) is 0 Å². The Labute approximate surface area is 83.1 Å². The number of ether oxygens (including phenoxy) is 2. The first-order valence-electron chi connectivity index (χ1n) is 4.72. The maximum atomic E-state index is 10.3. The second kappa shape index (κ2) is 6.58. The fourth-order valence-corrected chi connectivity index (χ4v) is 1.20. The topological polar surface area (TPSA) is 85.6 Å².